The molecule has 2 rings (SSSR count). The summed E-state index contributed by atoms with van der Waals surface area (Å²) in [5.41, 5.74) is 5.36. The molecule has 130 valence electrons. The van der Waals surface area contributed by atoms with Crippen LogP contribution in [-0.2, 0) is 10.0 Å². The van der Waals surface area contributed by atoms with Crippen LogP contribution in [-0.4, -0.2) is 51.9 Å². The molecule has 1 amide bonds. The van der Waals surface area contributed by atoms with Crippen LogP contribution >= 0.6 is 12.4 Å². The Labute approximate surface area is 142 Å². The third-order valence-corrected chi connectivity index (χ3v) is 5.75. The van der Waals surface area contributed by atoms with Gasteiger partial charge in [0.1, 0.15) is 5.75 Å². The van der Waals surface area contributed by atoms with Gasteiger partial charge in [0.05, 0.1) is 17.6 Å². The quantitative estimate of drug-likeness (QED) is 0.770. The van der Waals surface area contributed by atoms with Gasteiger partial charge in [-0.1, -0.05) is 0 Å². The van der Waals surface area contributed by atoms with Gasteiger partial charge in [-0.2, -0.15) is 4.31 Å². The monoisotopic (exact) mass is 363 g/mol. The number of nitrogens with one attached hydrogen (secondary N) is 1. The number of sulfonamides is 1. The van der Waals surface area contributed by atoms with Crippen LogP contribution in [0.5, 0.6) is 5.75 Å². The minimum absolute atomic E-state index is 0. The van der Waals surface area contributed by atoms with Gasteiger partial charge in [-0.15, -0.1) is 12.4 Å². The molecule has 0 saturated carbocycles. The molecular formula is C14H22ClN3O4S. The maximum Gasteiger partial charge on any atom is 0.252 e. The van der Waals surface area contributed by atoms with E-state index in [0.29, 0.717) is 13.1 Å². The molecule has 0 aromatic heterocycles. The molecular weight excluding hydrogens is 342 g/mol. The predicted octanol–water partition coefficient (Wildman–Crippen LogP) is 0.588. The lowest BCUT2D eigenvalue weighted by Gasteiger charge is -2.24. The molecule has 23 heavy (non-hydrogen) atoms. The zero-order valence-corrected chi connectivity index (χ0v) is 14.7. The van der Waals surface area contributed by atoms with Crippen LogP contribution in [0.2, 0.25) is 0 Å². The summed E-state index contributed by atoms with van der Waals surface area (Å²) in [5.74, 6) is -0.457. The summed E-state index contributed by atoms with van der Waals surface area (Å²) in [5, 5.41) is 3.01. The number of rotatable bonds is 6. The molecule has 1 aliphatic rings. The second kappa shape index (κ2) is 7.96. The number of carbonyl (C=O) groups excluding carboxylic acids is 1. The number of primary amides is 1. The Kier molecular flexibility index (Phi) is 6.82. The SMILES string of the molecule is CNCC1CCCN1S(=O)(=O)c1ccc(OC)c(C(N)=O)c1.Cl. The van der Waals surface area contributed by atoms with Gasteiger partial charge in [-0.3, -0.25) is 4.79 Å². The molecule has 3 N–H and O–H groups in total. The number of benzene rings is 1. The van der Waals surface area contributed by atoms with E-state index in [9.17, 15) is 13.2 Å². The van der Waals surface area contributed by atoms with E-state index >= 15 is 0 Å². The number of hydrogen-bond donors (Lipinski definition) is 2. The van der Waals surface area contributed by atoms with E-state index in [-0.39, 0.29) is 34.7 Å². The van der Waals surface area contributed by atoms with Gasteiger partial charge >= 0.3 is 0 Å². The van der Waals surface area contributed by atoms with Gasteiger partial charge in [0.2, 0.25) is 10.0 Å². The predicted molar refractivity (Wildman–Crippen MR) is 89.6 cm³/mol. The van der Waals surface area contributed by atoms with Crippen molar-refractivity contribution >= 4 is 28.3 Å². The van der Waals surface area contributed by atoms with Crippen molar-refractivity contribution in [3.05, 3.63) is 23.8 Å². The first-order valence-corrected chi connectivity index (χ1v) is 8.50. The Morgan fingerprint density at radius 1 is 1.48 bits per heavy atom. The number of carbonyl (C=O) groups is 1. The minimum atomic E-state index is -3.66. The van der Waals surface area contributed by atoms with Crippen LogP contribution in [0.4, 0.5) is 0 Å². The zero-order valence-electron chi connectivity index (χ0n) is 13.1. The lowest BCUT2D eigenvalue weighted by Crippen LogP contribution is -2.40. The first kappa shape index (κ1) is 19.7. The Bertz CT molecular complexity index is 666. The van der Waals surface area contributed by atoms with Gasteiger partial charge in [-0.05, 0) is 38.1 Å². The van der Waals surface area contributed by atoms with Crippen LogP contribution in [0, 0.1) is 0 Å². The van der Waals surface area contributed by atoms with Crippen molar-refractivity contribution in [2.24, 2.45) is 5.73 Å². The molecule has 0 spiro atoms. The average molecular weight is 364 g/mol. The van der Waals surface area contributed by atoms with Crippen LogP contribution in [0.1, 0.15) is 23.2 Å². The summed E-state index contributed by atoms with van der Waals surface area (Å²) in [7, 11) is -0.466. The number of nitrogens with two attached hydrogens (primary N) is 1. The standard InChI is InChI=1S/C14H21N3O4S.ClH/c1-16-9-10-4-3-7-17(10)22(19,20)11-5-6-13(21-2)12(8-11)14(15)18;/h5-6,8,10,16H,3-4,7,9H2,1-2H3,(H2,15,18);1H. The molecule has 1 fully saturated rings. The fourth-order valence-corrected chi connectivity index (χ4v) is 4.46. The molecule has 1 aromatic rings. The number of likely N-dealkylation sites (N-methyl/N-ethyl adjacent to an activating group) is 1. The van der Waals surface area contributed by atoms with Crippen molar-refractivity contribution in [3.8, 4) is 5.75 Å². The van der Waals surface area contributed by atoms with Crippen LogP contribution < -0.4 is 15.8 Å². The normalized spacial score (nSPS) is 18.4. The van der Waals surface area contributed by atoms with Crippen molar-refractivity contribution < 1.29 is 17.9 Å². The van der Waals surface area contributed by atoms with E-state index in [1.54, 1.807) is 7.05 Å². The maximum atomic E-state index is 12.8. The van der Waals surface area contributed by atoms with Crippen LogP contribution in [0.25, 0.3) is 0 Å². The number of methoxy groups -OCH3 is 1. The first-order valence-electron chi connectivity index (χ1n) is 7.06. The lowest BCUT2D eigenvalue weighted by atomic mass is 10.2. The van der Waals surface area contributed by atoms with Crippen LogP contribution in [0.3, 0.4) is 0 Å². The first-order chi connectivity index (χ1) is 10.4. The van der Waals surface area contributed by atoms with Gasteiger partial charge in [0, 0.05) is 19.1 Å². The maximum absolute atomic E-state index is 12.8. The summed E-state index contributed by atoms with van der Waals surface area (Å²) in [6.07, 6.45) is 1.64. The number of amides is 1. The fraction of sp³-hybridized carbons (Fsp3) is 0.500. The highest BCUT2D eigenvalue weighted by molar-refractivity contribution is 7.89. The second-order valence-corrected chi connectivity index (χ2v) is 7.09. The Hall–Kier alpha value is -1.35. The smallest absolute Gasteiger partial charge is 0.252 e. The third-order valence-electron chi connectivity index (χ3n) is 3.81. The van der Waals surface area contributed by atoms with Gasteiger partial charge in [0.15, 0.2) is 0 Å². The van der Waals surface area contributed by atoms with E-state index in [0.717, 1.165) is 12.8 Å². The number of hydrogen-bond acceptors (Lipinski definition) is 5. The van der Waals surface area contributed by atoms with Gasteiger partial charge in [0.25, 0.3) is 5.91 Å². The molecule has 7 nitrogen and oxygen atoms in total. The summed E-state index contributed by atoms with van der Waals surface area (Å²) in [6.45, 7) is 1.07. The number of ether oxygens (including phenoxy) is 1. The van der Waals surface area contributed by atoms with Crippen molar-refractivity contribution in [2.45, 2.75) is 23.8 Å². The molecule has 1 saturated heterocycles. The molecule has 9 heteroatoms. The molecule has 1 unspecified atom stereocenters. The molecule has 0 radical (unpaired) electrons. The van der Waals surface area contributed by atoms with Crippen molar-refractivity contribution in [3.63, 3.8) is 0 Å². The summed E-state index contributed by atoms with van der Waals surface area (Å²) < 4.78 is 32.1. The Morgan fingerprint density at radius 2 is 2.17 bits per heavy atom. The molecule has 1 heterocycles. The highest BCUT2D eigenvalue weighted by atomic mass is 35.5. The Balaban J connectivity index is 0.00000264. The molecule has 0 aliphatic carbocycles. The fourth-order valence-electron chi connectivity index (χ4n) is 2.74. The topological polar surface area (TPSA) is 102 Å². The summed E-state index contributed by atoms with van der Waals surface area (Å²) >= 11 is 0. The van der Waals surface area contributed by atoms with E-state index in [4.69, 9.17) is 10.5 Å². The van der Waals surface area contributed by atoms with E-state index in [1.165, 1.54) is 29.6 Å². The number of halogens is 1. The lowest BCUT2D eigenvalue weighted by molar-refractivity contribution is 0.0997. The van der Waals surface area contributed by atoms with E-state index in [1.807, 2.05) is 0 Å². The minimum Gasteiger partial charge on any atom is -0.496 e. The second-order valence-electron chi connectivity index (χ2n) is 5.20. The van der Waals surface area contributed by atoms with Crippen molar-refractivity contribution in [2.75, 3.05) is 27.2 Å². The molecule has 1 atom stereocenters. The average Bonchev–Trinajstić information content (AvgIpc) is 2.96. The molecule has 1 aromatic carbocycles. The van der Waals surface area contributed by atoms with Gasteiger partial charge < -0.3 is 15.8 Å². The van der Waals surface area contributed by atoms with E-state index in [2.05, 4.69) is 5.32 Å². The molecule has 0 bridgehead atoms. The highest BCUT2D eigenvalue weighted by Crippen LogP contribution is 2.28. The Morgan fingerprint density at radius 3 is 2.74 bits per heavy atom. The number of nitrogens with zero attached hydrogens (tertiary/aromatic N) is 1. The van der Waals surface area contributed by atoms with Gasteiger partial charge in [-0.25, -0.2) is 8.42 Å². The summed E-state index contributed by atoms with van der Waals surface area (Å²) in [6, 6.07) is 4.10. The third kappa shape index (κ3) is 3.95. The largest absolute Gasteiger partial charge is 0.496 e. The van der Waals surface area contributed by atoms with Crippen molar-refractivity contribution in [1.82, 2.24) is 9.62 Å². The van der Waals surface area contributed by atoms with E-state index < -0.39 is 15.9 Å². The zero-order chi connectivity index (χ0) is 16.3. The van der Waals surface area contributed by atoms with Crippen LogP contribution in [0.15, 0.2) is 23.1 Å². The molecule has 1 aliphatic heterocycles. The highest BCUT2D eigenvalue weighted by Gasteiger charge is 2.35. The van der Waals surface area contributed by atoms with Crippen molar-refractivity contribution in [1.29, 1.82) is 0 Å². The summed E-state index contributed by atoms with van der Waals surface area (Å²) in [4.78, 5) is 11.5.